The zero-order chi connectivity index (χ0) is 22.8. The SMILES string of the molecule is Cn1c(=O)c2[nH]c(CNC(=O)COCC(=O)N3CCc4ccccc4C3)nc2n(C)c1=O. The summed E-state index contributed by atoms with van der Waals surface area (Å²) in [7, 11) is 2.90. The second-order valence-electron chi connectivity index (χ2n) is 7.69. The molecule has 0 radical (unpaired) electrons. The van der Waals surface area contributed by atoms with E-state index in [4.69, 9.17) is 4.74 Å². The minimum atomic E-state index is -0.490. The molecule has 0 atom stereocenters. The number of fused-ring (bicyclic) bond motifs is 2. The Hall–Kier alpha value is -3.73. The lowest BCUT2D eigenvalue weighted by atomic mass is 10.00. The maximum atomic E-state index is 12.4. The maximum Gasteiger partial charge on any atom is 0.332 e. The number of carbonyl (C=O) groups excluding carboxylic acids is 2. The first-order valence-electron chi connectivity index (χ1n) is 10.2. The lowest BCUT2D eigenvalue weighted by Gasteiger charge is -2.28. The Labute approximate surface area is 182 Å². The molecule has 2 amide bonds. The van der Waals surface area contributed by atoms with Crippen molar-refractivity contribution in [3.63, 3.8) is 0 Å². The van der Waals surface area contributed by atoms with Crippen molar-refractivity contribution in [3.05, 3.63) is 62.1 Å². The van der Waals surface area contributed by atoms with Gasteiger partial charge in [-0.2, -0.15) is 0 Å². The van der Waals surface area contributed by atoms with Gasteiger partial charge in [0.1, 0.15) is 24.6 Å². The molecule has 3 aromatic rings. The fourth-order valence-corrected chi connectivity index (χ4v) is 3.72. The zero-order valence-corrected chi connectivity index (χ0v) is 17.9. The van der Waals surface area contributed by atoms with Crippen LogP contribution >= 0.6 is 0 Å². The molecule has 32 heavy (non-hydrogen) atoms. The quantitative estimate of drug-likeness (QED) is 0.515. The highest BCUT2D eigenvalue weighted by Crippen LogP contribution is 2.18. The summed E-state index contributed by atoms with van der Waals surface area (Å²) < 4.78 is 7.52. The van der Waals surface area contributed by atoms with E-state index in [1.54, 1.807) is 4.90 Å². The Morgan fingerprint density at radius 1 is 1.12 bits per heavy atom. The molecule has 2 aromatic heterocycles. The molecule has 0 unspecified atom stereocenters. The number of carbonyl (C=O) groups is 2. The molecule has 0 bridgehead atoms. The Balaban J connectivity index is 1.27. The molecular weight excluding hydrogens is 416 g/mol. The van der Waals surface area contributed by atoms with E-state index >= 15 is 0 Å². The number of H-pyrrole nitrogens is 1. The van der Waals surface area contributed by atoms with Gasteiger partial charge in [-0.3, -0.25) is 23.5 Å². The third-order valence-corrected chi connectivity index (χ3v) is 5.54. The molecule has 3 heterocycles. The maximum absolute atomic E-state index is 12.4. The molecule has 0 fully saturated rings. The number of benzene rings is 1. The van der Waals surface area contributed by atoms with Gasteiger partial charge in [0.15, 0.2) is 5.65 Å². The summed E-state index contributed by atoms with van der Waals surface area (Å²) in [6, 6.07) is 8.02. The van der Waals surface area contributed by atoms with Crippen LogP contribution in [0.5, 0.6) is 0 Å². The van der Waals surface area contributed by atoms with E-state index in [0.29, 0.717) is 18.9 Å². The van der Waals surface area contributed by atoms with Crippen molar-refractivity contribution in [2.75, 3.05) is 19.8 Å². The standard InChI is InChI=1S/C21H24N6O5/c1-25-19-18(20(30)26(2)21(25)31)23-15(24-19)9-22-16(28)11-32-12-17(29)27-8-7-13-5-3-4-6-14(13)10-27/h3-6H,7-12H2,1-2H3,(H,22,28)(H,23,24). The van der Waals surface area contributed by atoms with E-state index in [1.165, 1.54) is 24.2 Å². The molecule has 2 N–H and O–H groups in total. The fourth-order valence-electron chi connectivity index (χ4n) is 3.72. The van der Waals surface area contributed by atoms with Gasteiger partial charge in [0.2, 0.25) is 11.8 Å². The van der Waals surface area contributed by atoms with Gasteiger partial charge >= 0.3 is 5.69 Å². The van der Waals surface area contributed by atoms with Crippen LogP contribution in [-0.2, 0) is 47.9 Å². The van der Waals surface area contributed by atoms with Crippen molar-refractivity contribution < 1.29 is 14.3 Å². The molecule has 1 aliphatic rings. The Bertz CT molecular complexity index is 1300. The average molecular weight is 440 g/mol. The van der Waals surface area contributed by atoms with E-state index in [0.717, 1.165) is 16.6 Å². The number of amides is 2. The first-order chi connectivity index (χ1) is 15.3. The Kier molecular flexibility index (Phi) is 5.91. The van der Waals surface area contributed by atoms with E-state index in [2.05, 4.69) is 21.4 Å². The summed E-state index contributed by atoms with van der Waals surface area (Å²) in [4.78, 5) is 57.4. The number of hydrogen-bond donors (Lipinski definition) is 2. The van der Waals surface area contributed by atoms with Crippen molar-refractivity contribution in [1.29, 1.82) is 0 Å². The van der Waals surface area contributed by atoms with Crippen LogP contribution in [-0.4, -0.2) is 55.6 Å². The number of hydrogen-bond acceptors (Lipinski definition) is 6. The topological polar surface area (TPSA) is 131 Å². The predicted molar refractivity (Wildman–Crippen MR) is 115 cm³/mol. The molecule has 0 saturated carbocycles. The summed E-state index contributed by atoms with van der Waals surface area (Å²) >= 11 is 0. The van der Waals surface area contributed by atoms with E-state index < -0.39 is 17.2 Å². The number of nitrogens with zero attached hydrogens (tertiary/aromatic N) is 4. The van der Waals surface area contributed by atoms with Crippen molar-refractivity contribution in [1.82, 2.24) is 29.3 Å². The van der Waals surface area contributed by atoms with Gasteiger partial charge in [-0.15, -0.1) is 0 Å². The minimum absolute atomic E-state index is 0.0189. The van der Waals surface area contributed by atoms with Gasteiger partial charge in [0.25, 0.3) is 5.56 Å². The number of aryl methyl sites for hydroxylation is 1. The van der Waals surface area contributed by atoms with Gasteiger partial charge in [0, 0.05) is 27.2 Å². The normalized spacial score (nSPS) is 13.2. The summed E-state index contributed by atoms with van der Waals surface area (Å²) in [6.45, 7) is 0.720. The van der Waals surface area contributed by atoms with Crippen LogP contribution in [0.25, 0.3) is 11.2 Å². The van der Waals surface area contributed by atoms with Gasteiger partial charge in [-0.1, -0.05) is 24.3 Å². The monoisotopic (exact) mass is 440 g/mol. The number of aromatic amines is 1. The largest absolute Gasteiger partial charge is 0.362 e. The lowest BCUT2D eigenvalue weighted by molar-refractivity contribution is -0.139. The van der Waals surface area contributed by atoms with Crippen molar-refractivity contribution in [3.8, 4) is 0 Å². The van der Waals surface area contributed by atoms with Crippen LogP contribution in [0.3, 0.4) is 0 Å². The van der Waals surface area contributed by atoms with Crippen LogP contribution < -0.4 is 16.6 Å². The molecule has 4 rings (SSSR count). The van der Waals surface area contributed by atoms with Crippen LogP contribution in [0.1, 0.15) is 17.0 Å². The van der Waals surface area contributed by atoms with Crippen molar-refractivity contribution >= 4 is 23.0 Å². The summed E-state index contributed by atoms with van der Waals surface area (Å²) in [6.07, 6.45) is 0.800. The van der Waals surface area contributed by atoms with Gasteiger partial charge < -0.3 is 19.9 Å². The third kappa shape index (κ3) is 4.19. The predicted octanol–water partition coefficient (Wildman–Crippen LogP) is -0.822. The number of nitrogens with one attached hydrogen (secondary N) is 2. The number of ether oxygens (including phenoxy) is 1. The lowest BCUT2D eigenvalue weighted by Crippen LogP contribution is -2.39. The highest BCUT2D eigenvalue weighted by molar-refractivity contribution is 5.80. The average Bonchev–Trinajstić information content (AvgIpc) is 3.24. The van der Waals surface area contributed by atoms with Crippen molar-refractivity contribution in [2.24, 2.45) is 14.1 Å². The number of rotatable bonds is 6. The molecule has 1 aromatic carbocycles. The number of imidazole rings is 1. The zero-order valence-electron chi connectivity index (χ0n) is 17.9. The highest BCUT2D eigenvalue weighted by atomic mass is 16.5. The molecule has 1 aliphatic heterocycles. The second kappa shape index (κ2) is 8.79. The van der Waals surface area contributed by atoms with Gasteiger partial charge in [-0.05, 0) is 17.5 Å². The van der Waals surface area contributed by atoms with Gasteiger partial charge in [-0.25, -0.2) is 9.78 Å². The molecule has 0 saturated heterocycles. The summed E-state index contributed by atoms with van der Waals surface area (Å²) in [5.41, 5.74) is 1.80. The molecule has 0 spiro atoms. The van der Waals surface area contributed by atoms with Crippen LogP contribution in [0.2, 0.25) is 0 Å². The van der Waals surface area contributed by atoms with E-state index in [9.17, 15) is 19.2 Å². The molecule has 168 valence electrons. The summed E-state index contributed by atoms with van der Waals surface area (Å²) in [5.74, 6) is -0.264. The van der Waals surface area contributed by atoms with E-state index in [-0.39, 0.29) is 36.8 Å². The first-order valence-corrected chi connectivity index (χ1v) is 10.2. The molecule has 11 heteroatoms. The molecular formula is C21H24N6O5. The van der Waals surface area contributed by atoms with Crippen LogP contribution in [0.4, 0.5) is 0 Å². The smallest absolute Gasteiger partial charge is 0.332 e. The first kappa shape index (κ1) is 21.5. The van der Waals surface area contributed by atoms with Crippen LogP contribution in [0, 0.1) is 0 Å². The summed E-state index contributed by atoms with van der Waals surface area (Å²) in [5, 5.41) is 2.62. The Morgan fingerprint density at radius 3 is 2.66 bits per heavy atom. The minimum Gasteiger partial charge on any atom is -0.362 e. The van der Waals surface area contributed by atoms with Crippen LogP contribution in [0.15, 0.2) is 33.9 Å². The van der Waals surface area contributed by atoms with Gasteiger partial charge in [0.05, 0.1) is 6.54 Å². The fraction of sp³-hybridized carbons (Fsp3) is 0.381. The Morgan fingerprint density at radius 2 is 1.88 bits per heavy atom. The molecule has 0 aliphatic carbocycles. The third-order valence-electron chi connectivity index (χ3n) is 5.54. The highest BCUT2D eigenvalue weighted by Gasteiger charge is 2.20. The van der Waals surface area contributed by atoms with E-state index in [1.807, 2.05) is 18.2 Å². The number of aromatic nitrogens is 4. The molecule has 11 nitrogen and oxygen atoms in total. The van der Waals surface area contributed by atoms with Crippen molar-refractivity contribution in [2.45, 2.75) is 19.5 Å². The second-order valence-corrected chi connectivity index (χ2v) is 7.69.